The van der Waals surface area contributed by atoms with Crippen molar-refractivity contribution in [2.24, 2.45) is 0 Å². The van der Waals surface area contributed by atoms with Gasteiger partial charge in [-0.25, -0.2) is 0 Å². The lowest BCUT2D eigenvalue weighted by Crippen LogP contribution is -2.49. The number of H-pyrrole nitrogens is 1. The molecule has 6 nitrogen and oxygen atoms in total. The van der Waals surface area contributed by atoms with Gasteiger partial charge in [0.15, 0.2) is 0 Å². The third kappa shape index (κ3) is 3.07. The summed E-state index contributed by atoms with van der Waals surface area (Å²) in [5.74, 6) is 0.214. The molecule has 0 radical (unpaired) electrons. The van der Waals surface area contributed by atoms with Crippen molar-refractivity contribution in [1.82, 2.24) is 14.3 Å². The third-order valence-electron chi connectivity index (χ3n) is 5.79. The molecule has 0 saturated carbocycles. The SMILES string of the molecule is Cc1[nH]c2ccccc2c1[C@H](C(=O)O)N1CCN(c2nsc3ccccc23)CC1. The van der Waals surface area contributed by atoms with Crippen molar-refractivity contribution in [1.29, 1.82) is 0 Å². The second kappa shape index (κ2) is 7.17. The number of anilines is 1. The van der Waals surface area contributed by atoms with Gasteiger partial charge >= 0.3 is 5.97 Å². The summed E-state index contributed by atoms with van der Waals surface area (Å²) in [5, 5.41) is 12.3. The highest BCUT2D eigenvalue weighted by atomic mass is 32.1. The smallest absolute Gasteiger partial charge is 0.325 e. The fourth-order valence-corrected chi connectivity index (χ4v) is 5.20. The van der Waals surface area contributed by atoms with Crippen molar-refractivity contribution >= 4 is 44.3 Å². The highest BCUT2D eigenvalue weighted by Gasteiger charge is 2.34. The van der Waals surface area contributed by atoms with Crippen molar-refractivity contribution in [3.05, 3.63) is 59.8 Å². The summed E-state index contributed by atoms with van der Waals surface area (Å²) in [4.78, 5) is 20.0. The van der Waals surface area contributed by atoms with Gasteiger partial charge in [-0.2, -0.15) is 4.37 Å². The van der Waals surface area contributed by atoms with E-state index in [-0.39, 0.29) is 0 Å². The molecule has 1 atom stereocenters. The van der Waals surface area contributed by atoms with Crippen LogP contribution in [0.5, 0.6) is 0 Å². The number of para-hydroxylation sites is 1. The van der Waals surface area contributed by atoms with Crippen LogP contribution in [0.3, 0.4) is 0 Å². The first-order valence-corrected chi connectivity index (χ1v) is 10.5. The topological polar surface area (TPSA) is 72.5 Å². The molecule has 148 valence electrons. The second-order valence-corrected chi connectivity index (χ2v) is 8.28. The number of carbonyl (C=O) groups is 1. The molecule has 1 fully saturated rings. The van der Waals surface area contributed by atoms with Crippen LogP contribution in [0.2, 0.25) is 0 Å². The molecule has 1 saturated heterocycles. The minimum absolute atomic E-state index is 0.652. The summed E-state index contributed by atoms with van der Waals surface area (Å²) in [6.45, 7) is 4.85. The molecule has 1 aliphatic heterocycles. The largest absolute Gasteiger partial charge is 0.480 e. The van der Waals surface area contributed by atoms with Crippen LogP contribution in [0.15, 0.2) is 48.5 Å². The molecule has 2 N–H and O–H groups in total. The Morgan fingerprint density at radius 1 is 1.07 bits per heavy atom. The molecule has 2 aromatic carbocycles. The van der Waals surface area contributed by atoms with Crippen LogP contribution in [0, 0.1) is 6.92 Å². The van der Waals surface area contributed by atoms with Crippen molar-refractivity contribution in [3.8, 4) is 0 Å². The number of carboxylic acids is 1. The molecular weight excluding hydrogens is 384 g/mol. The number of nitrogens with one attached hydrogen (secondary N) is 1. The highest BCUT2D eigenvalue weighted by molar-refractivity contribution is 7.13. The zero-order valence-electron chi connectivity index (χ0n) is 16.1. The Kier molecular flexibility index (Phi) is 4.49. The van der Waals surface area contributed by atoms with Gasteiger partial charge in [0.2, 0.25) is 0 Å². The Morgan fingerprint density at radius 2 is 1.76 bits per heavy atom. The fraction of sp³-hybridized carbons (Fsp3) is 0.273. The van der Waals surface area contributed by atoms with Crippen LogP contribution in [0.1, 0.15) is 17.3 Å². The molecule has 0 amide bonds. The molecule has 29 heavy (non-hydrogen) atoms. The number of rotatable bonds is 4. The van der Waals surface area contributed by atoms with Crippen molar-refractivity contribution in [3.63, 3.8) is 0 Å². The van der Waals surface area contributed by atoms with Crippen LogP contribution in [-0.2, 0) is 4.79 Å². The number of fused-ring (bicyclic) bond motifs is 2. The average Bonchev–Trinajstić information content (AvgIpc) is 3.30. The lowest BCUT2D eigenvalue weighted by molar-refractivity contribution is -0.143. The molecule has 7 heteroatoms. The van der Waals surface area contributed by atoms with E-state index in [4.69, 9.17) is 0 Å². The monoisotopic (exact) mass is 406 g/mol. The molecule has 0 unspecified atom stereocenters. The first kappa shape index (κ1) is 18.1. The van der Waals surface area contributed by atoms with Gasteiger partial charge in [-0.05, 0) is 36.7 Å². The van der Waals surface area contributed by atoms with Gasteiger partial charge in [-0.3, -0.25) is 9.69 Å². The first-order valence-electron chi connectivity index (χ1n) is 9.77. The van der Waals surface area contributed by atoms with Gasteiger partial charge in [0.1, 0.15) is 11.9 Å². The molecule has 0 spiro atoms. The summed E-state index contributed by atoms with van der Waals surface area (Å²) in [5.41, 5.74) is 2.78. The average molecular weight is 407 g/mol. The van der Waals surface area contributed by atoms with E-state index >= 15 is 0 Å². The standard InChI is InChI=1S/C22H22N4O2S/c1-14-19(15-6-2-4-8-17(15)23-14)20(22(27)28)25-10-12-26(13-11-25)21-16-7-3-5-9-18(16)29-24-21/h2-9,20,23H,10-13H2,1H3,(H,27,28)/t20-/m1/s1. The number of hydrogen-bond acceptors (Lipinski definition) is 5. The number of aliphatic carboxylic acids is 1. The predicted molar refractivity (Wildman–Crippen MR) is 117 cm³/mol. The van der Waals surface area contributed by atoms with Crippen LogP contribution in [-0.4, -0.2) is 51.5 Å². The maximum absolute atomic E-state index is 12.3. The molecular formula is C22H22N4O2S. The van der Waals surface area contributed by atoms with E-state index in [2.05, 4.69) is 31.3 Å². The first-order chi connectivity index (χ1) is 14.1. The van der Waals surface area contributed by atoms with Crippen LogP contribution in [0.25, 0.3) is 21.0 Å². The number of piperazine rings is 1. The number of aromatic amines is 1. The van der Waals surface area contributed by atoms with E-state index < -0.39 is 12.0 Å². The van der Waals surface area contributed by atoms with Crippen LogP contribution >= 0.6 is 11.5 Å². The minimum atomic E-state index is -0.801. The summed E-state index contributed by atoms with van der Waals surface area (Å²) >= 11 is 1.52. The Balaban J connectivity index is 1.42. The molecule has 3 heterocycles. The van der Waals surface area contributed by atoms with Gasteiger partial charge in [0.05, 0.1) is 4.70 Å². The fourth-order valence-electron chi connectivity index (χ4n) is 4.41. The summed E-state index contributed by atoms with van der Waals surface area (Å²) in [6, 6.07) is 15.5. The van der Waals surface area contributed by atoms with E-state index in [0.717, 1.165) is 41.1 Å². The third-order valence-corrected chi connectivity index (χ3v) is 6.61. The second-order valence-electron chi connectivity index (χ2n) is 7.48. The highest BCUT2D eigenvalue weighted by Crippen LogP contribution is 2.34. The van der Waals surface area contributed by atoms with Gasteiger partial charge in [-0.1, -0.05) is 30.3 Å². The normalized spacial score (nSPS) is 16.5. The predicted octanol–water partition coefficient (Wildman–Crippen LogP) is 4.03. The zero-order chi connectivity index (χ0) is 20.0. The Bertz CT molecular complexity index is 1190. The van der Waals surface area contributed by atoms with Gasteiger partial charge in [0.25, 0.3) is 0 Å². The van der Waals surface area contributed by atoms with Gasteiger partial charge in [-0.15, -0.1) is 0 Å². The number of nitrogens with zero attached hydrogens (tertiary/aromatic N) is 3. The summed E-state index contributed by atoms with van der Waals surface area (Å²) < 4.78 is 5.84. The van der Waals surface area contributed by atoms with E-state index in [1.165, 1.54) is 21.6 Å². The van der Waals surface area contributed by atoms with E-state index in [1.807, 2.05) is 43.3 Å². The molecule has 0 bridgehead atoms. The number of benzene rings is 2. The molecule has 1 aliphatic rings. The molecule has 0 aliphatic carbocycles. The molecule has 5 rings (SSSR count). The van der Waals surface area contributed by atoms with Gasteiger partial charge < -0.3 is 15.0 Å². The minimum Gasteiger partial charge on any atom is -0.480 e. The lowest BCUT2D eigenvalue weighted by Gasteiger charge is -2.38. The Morgan fingerprint density at radius 3 is 2.52 bits per heavy atom. The Labute approximate surface area is 172 Å². The molecule has 2 aromatic heterocycles. The molecule has 4 aromatic rings. The summed E-state index contributed by atoms with van der Waals surface area (Å²) in [6.07, 6.45) is 0. The Hall–Kier alpha value is -2.90. The van der Waals surface area contributed by atoms with Crippen molar-refractivity contribution < 1.29 is 9.90 Å². The number of aryl methyl sites for hydroxylation is 1. The van der Waals surface area contributed by atoms with E-state index in [0.29, 0.717) is 13.1 Å². The van der Waals surface area contributed by atoms with E-state index in [9.17, 15) is 9.90 Å². The maximum atomic E-state index is 12.3. The zero-order valence-corrected chi connectivity index (χ0v) is 16.9. The van der Waals surface area contributed by atoms with Gasteiger partial charge in [0, 0.05) is 53.7 Å². The van der Waals surface area contributed by atoms with Crippen LogP contribution < -0.4 is 4.90 Å². The summed E-state index contributed by atoms with van der Waals surface area (Å²) in [7, 11) is 0. The van der Waals surface area contributed by atoms with Crippen LogP contribution in [0.4, 0.5) is 5.82 Å². The maximum Gasteiger partial charge on any atom is 0.325 e. The van der Waals surface area contributed by atoms with Crippen molar-refractivity contribution in [2.45, 2.75) is 13.0 Å². The quantitative estimate of drug-likeness (QED) is 0.535. The number of carboxylic acid groups (broad SMARTS) is 1. The van der Waals surface area contributed by atoms with Crippen molar-refractivity contribution in [2.75, 3.05) is 31.1 Å². The lowest BCUT2D eigenvalue weighted by atomic mass is 10.0. The number of aromatic nitrogens is 2. The number of hydrogen-bond donors (Lipinski definition) is 2. The van der Waals surface area contributed by atoms with E-state index in [1.54, 1.807) is 0 Å².